The number of rotatable bonds is 5. The molecular formula is C22H19FN4O7. The van der Waals surface area contributed by atoms with Gasteiger partial charge in [0.05, 0.1) is 5.69 Å². The molecule has 0 aliphatic carbocycles. The molecule has 0 aliphatic rings. The second-order valence-corrected chi connectivity index (χ2v) is 7.02. The van der Waals surface area contributed by atoms with Crippen LogP contribution in [0.4, 0.5) is 15.9 Å². The van der Waals surface area contributed by atoms with Crippen molar-refractivity contribution < 1.29 is 28.2 Å². The van der Waals surface area contributed by atoms with Gasteiger partial charge in [-0.05, 0) is 42.5 Å². The van der Waals surface area contributed by atoms with Crippen molar-refractivity contribution >= 4 is 29.4 Å². The van der Waals surface area contributed by atoms with Gasteiger partial charge in [0.1, 0.15) is 17.3 Å². The van der Waals surface area contributed by atoms with Gasteiger partial charge in [0, 0.05) is 26.5 Å². The lowest BCUT2D eigenvalue weighted by atomic mass is 10.2. The van der Waals surface area contributed by atoms with Gasteiger partial charge in [-0.1, -0.05) is 0 Å². The van der Waals surface area contributed by atoms with Crippen molar-refractivity contribution in [1.29, 1.82) is 0 Å². The topological polar surface area (TPSA) is 152 Å². The molecule has 1 aromatic heterocycles. The molecule has 3 aromatic rings. The number of carbonyl (C=O) groups excluding carboxylic acids is 3. The van der Waals surface area contributed by atoms with Gasteiger partial charge in [0.15, 0.2) is 11.5 Å². The van der Waals surface area contributed by atoms with Crippen LogP contribution in [0, 0.1) is 5.82 Å². The smallest absolute Gasteiger partial charge is 0.337 e. The highest BCUT2D eigenvalue weighted by Gasteiger charge is 2.21. The van der Waals surface area contributed by atoms with E-state index in [-0.39, 0.29) is 28.6 Å². The number of hydrogen-bond acceptors (Lipinski definition) is 8. The molecule has 0 saturated carbocycles. The number of benzene rings is 2. The highest BCUT2D eigenvalue weighted by Crippen LogP contribution is 2.29. The maximum absolute atomic E-state index is 13.3. The zero-order valence-corrected chi connectivity index (χ0v) is 18.2. The summed E-state index contributed by atoms with van der Waals surface area (Å²) in [5, 5.41) is 2.35. The lowest BCUT2D eigenvalue weighted by Crippen LogP contribution is -2.40. The van der Waals surface area contributed by atoms with Crippen molar-refractivity contribution in [3.05, 3.63) is 74.7 Å². The lowest BCUT2D eigenvalue weighted by Gasteiger charge is -2.16. The van der Waals surface area contributed by atoms with Crippen LogP contribution in [0.3, 0.4) is 0 Å². The average molecular weight is 470 g/mol. The number of nitrogens with two attached hydrogens (primary N) is 1. The van der Waals surface area contributed by atoms with Crippen molar-refractivity contribution in [3.8, 4) is 17.2 Å². The predicted octanol–water partition coefficient (Wildman–Crippen LogP) is 1.36. The zero-order chi connectivity index (χ0) is 25.2. The molecule has 2 aromatic carbocycles. The minimum absolute atomic E-state index is 0.0758. The van der Waals surface area contributed by atoms with Gasteiger partial charge < -0.3 is 20.5 Å². The summed E-state index contributed by atoms with van der Waals surface area (Å²) in [4.78, 5) is 60.8. The van der Waals surface area contributed by atoms with Crippen molar-refractivity contribution in [2.45, 2.75) is 13.8 Å². The van der Waals surface area contributed by atoms with Gasteiger partial charge in [0.25, 0.3) is 11.5 Å². The van der Waals surface area contributed by atoms with Crippen LogP contribution in [0.5, 0.6) is 11.5 Å². The van der Waals surface area contributed by atoms with Crippen LogP contribution in [-0.2, 0) is 16.6 Å². The Kier molecular flexibility index (Phi) is 6.61. The third-order valence-corrected chi connectivity index (χ3v) is 4.53. The number of carbonyl (C=O) groups is 3. The van der Waals surface area contributed by atoms with Gasteiger partial charge in [-0.25, -0.2) is 13.8 Å². The highest BCUT2D eigenvalue weighted by atomic mass is 19.1. The van der Waals surface area contributed by atoms with Crippen LogP contribution in [-0.4, -0.2) is 27.0 Å². The number of nitrogens with one attached hydrogen (secondary N) is 1. The molecule has 34 heavy (non-hydrogen) atoms. The number of nitrogens with zero attached hydrogens (tertiary/aromatic N) is 2. The van der Waals surface area contributed by atoms with E-state index in [1.165, 1.54) is 31.3 Å². The molecule has 0 saturated heterocycles. The lowest BCUT2D eigenvalue weighted by molar-refractivity contribution is -0.134. The van der Waals surface area contributed by atoms with Crippen LogP contribution < -0.4 is 31.8 Å². The van der Waals surface area contributed by atoms with Crippen LogP contribution in [0.25, 0.3) is 5.69 Å². The summed E-state index contributed by atoms with van der Waals surface area (Å²) >= 11 is 0. The minimum Gasteiger partial charge on any atom is -0.423 e. The zero-order valence-electron chi connectivity index (χ0n) is 18.2. The number of halogens is 1. The maximum Gasteiger partial charge on any atom is 0.337 e. The first-order valence-electron chi connectivity index (χ1n) is 9.69. The molecule has 3 rings (SSSR count). The van der Waals surface area contributed by atoms with Gasteiger partial charge in [-0.15, -0.1) is 0 Å². The number of amides is 1. The number of ether oxygens (including phenoxy) is 2. The van der Waals surface area contributed by atoms with E-state index in [1.807, 2.05) is 0 Å². The molecule has 0 radical (unpaired) electrons. The minimum atomic E-state index is -0.883. The number of nitrogen functional groups attached to an aromatic ring is 1. The first-order chi connectivity index (χ1) is 16.0. The third kappa shape index (κ3) is 4.85. The second kappa shape index (κ2) is 9.40. The van der Waals surface area contributed by atoms with Crippen LogP contribution in [0.15, 0.2) is 52.1 Å². The van der Waals surface area contributed by atoms with Crippen LogP contribution in [0.1, 0.15) is 24.2 Å². The largest absolute Gasteiger partial charge is 0.423 e. The van der Waals surface area contributed by atoms with Gasteiger partial charge in [-0.3, -0.25) is 23.7 Å². The molecule has 0 spiro atoms. The molecule has 0 bridgehead atoms. The van der Waals surface area contributed by atoms with Crippen molar-refractivity contribution in [2.24, 2.45) is 7.05 Å². The summed E-state index contributed by atoms with van der Waals surface area (Å²) in [6.45, 7) is 2.26. The molecular weight excluding hydrogens is 451 g/mol. The first-order valence-corrected chi connectivity index (χ1v) is 9.69. The molecule has 0 aliphatic heterocycles. The summed E-state index contributed by atoms with van der Waals surface area (Å²) in [6.07, 6.45) is 0. The van der Waals surface area contributed by atoms with E-state index in [0.29, 0.717) is 0 Å². The van der Waals surface area contributed by atoms with Gasteiger partial charge in [0.2, 0.25) is 0 Å². The van der Waals surface area contributed by atoms with Crippen molar-refractivity contribution in [2.75, 3.05) is 11.1 Å². The van der Waals surface area contributed by atoms with E-state index in [9.17, 15) is 28.4 Å². The summed E-state index contributed by atoms with van der Waals surface area (Å²) in [5.41, 5.74) is 4.03. The number of anilines is 2. The summed E-state index contributed by atoms with van der Waals surface area (Å²) in [6, 6.07) is 8.39. The Morgan fingerprint density at radius 3 is 2.12 bits per heavy atom. The normalized spacial score (nSPS) is 10.5. The van der Waals surface area contributed by atoms with E-state index < -0.39 is 40.6 Å². The highest BCUT2D eigenvalue weighted by molar-refractivity contribution is 6.06. The summed E-state index contributed by atoms with van der Waals surface area (Å²) in [7, 11) is 1.19. The molecule has 0 fully saturated rings. The predicted molar refractivity (Wildman–Crippen MR) is 119 cm³/mol. The van der Waals surface area contributed by atoms with E-state index in [2.05, 4.69) is 5.32 Å². The SMILES string of the molecule is CC(=O)Oc1ccc(C(=O)Nc2c(N)n(-c3ccc(F)cc3)c(=O)n(C)c2=O)cc1OC(C)=O. The van der Waals surface area contributed by atoms with Gasteiger partial charge >= 0.3 is 17.6 Å². The molecule has 11 nitrogen and oxygen atoms in total. The van der Waals surface area contributed by atoms with Crippen molar-refractivity contribution in [3.63, 3.8) is 0 Å². The molecule has 176 valence electrons. The fourth-order valence-electron chi connectivity index (χ4n) is 2.99. The van der Waals surface area contributed by atoms with E-state index in [4.69, 9.17) is 15.2 Å². The van der Waals surface area contributed by atoms with Crippen molar-refractivity contribution in [1.82, 2.24) is 9.13 Å². The summed E-state index contributed by atoms with van der Waals surface area (Å²) in [5.74, 6) is -3.47. The Hall–Kier alpha value is -4.74. The molecule has 12 heteroatoms. The van der Waals surface area contributed by atoms with E-state index in [1.54, 1.807) is 0 Å². The maximum atomic E-state index is 13.3. The molecule has 1 heterocycles. The third-order valence-electron chi connectivity index (χ3n) is 4.53. The molecule has 0 atom stereocenters. The van der Waals surface area contributed by atoms with Gasteiger partial charge in [-0.2, -0.15) is 0 Å². The Morgan fingerprint density at radius 2 is 1.53 bits per heavy atom. The number of hydrogen-bond donors (Lipinski definition) is 2. The number of aromatic nitrogens is 2. The van der Waals surface area contributed by atoms with Crippen LogP contribution >= 0.6 is 0 Å². The van der Waals surface area contributed by atoms with E-state index >= 15 is 0 Å². The molecule has 0 unspecified atom stereocenters. The number of esters is 2. The monoisotopic (exact) mass is 470 g/mol. The first kappa shape index (κ1) is 23.9. The van der Waals surface area contributed by atoms with E-state index in [0.717, 1.165) is 41.2 Å². The quantitative estimate of drug-likeness (QED) is 0.419. The standard InChI is InChI=1S/C22H19FN4O7/c1-11(28)33-16-9-4-13(10-17(16)34-12(2)29)20(30)25-18-19(24)27(22(32)26(3)21(18)31)15-7-5-14(23)6-8-15/h4-10H,24H2,1-3H3,(H,25,30). The molecule has 3 N–H and O–H groups in total. The fraction of sp³-hybridized carbons (Fsp3) is 0.136. The van der Waals surface area contributed by atoms with Crippen LogP contribution in [0.2, 0.25) is 0 Å². The average Bonchev–Trinajstić information content (AvgIpc) is 2.77. The second-order valence-electron chi connectivity index (χ2n) is 7.02. The summed E-state index contributed by atoms with van der Waals surface area (Å²) < 4.78 is 24.9. The fourth-order valence-corrected chi connectivity index (χ4v) is 2.99. The Bertz CT molecular complexity index is 1420. The molecule has 1 amide bonds. The Labute approximate surface area is 191 Å². The Morgan fingerprint density at radius 1 is 0.941 bits per heavy atom. The Balaban J connectivity index is 2.06.